The van der Waals surface area contributed by atoms with Crippen LogP contribution in [0.5, 0.6) is 0 Å². The highest BCUT2D eigenvalue weighted by Gasteiger charge is 2.27. The van der Waals surface area contributed by atoms with E-state index in [2.05, 4.69) is 10.0 Å². The second kappa shape index (κ2) is 6.27. The molecule has 0 aromatic carbocycles. The summed E-state index contributed by atoms with van der Waals surface area (Å²) in [6, 6.07) is -0.00779. The minimum atomic E-state index is -3.81. The second-order valence-electron chi connectivity index (χ2n) is 4.78. The maximum Gasteiger partial charge on any atom is 0.326 e. The van der Waals surface area contributed by atoms with Crippen LogP contribution in [0.25, 0.3) is 0 Å². The van der Waals surface area contributed by atoms with E-state index in [1.165, 1.54) is 14.0 Å². The van der Waals surface area contributed by atoms with Gasteiger partial charge in [-0.05, 0) is 19.9 Å². The van der Waals surface area contributed by atoms with Crippen LogP contribution in [0, 0.1) is 12.8 Å². The van der Waals surface area contributed by atoms with E-state index in [1.807, 2.05) is 0 Å². The average Bonchev–Trinajstić information content (AvgIpc) is 2.77. The first-order valence-electron chi connectivity index (χ1n) is 6.17. The van der Waals surface area contributed by atoms with Crippen LogP contribution in [-0.2, 0) is 14.8 Å². The number of nitrogens with one attached hydrogen (secondary N) is 2. The Morgan fingerprint density at radius 2 is 1.90 bits per heavy atom. The second-order valence-corrected chi connectivity index (χ2v) is 6.59. The SMILES string of the molecule is CNS(=O)(=O)c1cc(C(=O)N[C@H](C(=O)O)C(C)C)c(C)o1. The summed E-state index contributed by atoms with van der Waals surface area (Å²) in [5.74, 6) is -2.09. The number of amides is 1. The van der Waals surface area contributed by atoms with Crippen LogP contribution in [-0.4, -0.2) is 38.5 Å². The number of carboxylic acid groups (broad SMARTS) is 1. The summed E-state index contributed by atoms with van der Waals surface area (Å²) >= 11 is 0. The average molecular weight is 318 g/mol. The van der Waals surface area contributed by atoms with Crippen LogP contribution in [0.3, 0.4) is 0 Å². The van der Waals surface area contributed by atoms with Crippen molar-refractivity contribution in [3.63, 3.8) is 0 Å². The van der Waals surface area contributed by atoms with Crippen molar-refractivity contribution >= 4 is 21.9 Å². The third kappa shape index (κ3) is 3.82. The van der Waals surface area contributed by atoms with Gasteiger partial charge in [0.25, 0.3) is 15.9 Å². The Morgan fingerprint density at radius 3 is 2.33 bits per heavy atom. The zero-order chi connectivity index (χ0) is 16.4. The molecular weight excluding hydrogens is 300 g/mol. The van der Waals surface area contributed by atoms with Crippen molar-refractivity contribution < 1.29 is 27.5 Å². The van der Waals surface area contributed by atoms with Crippen molar-refractivity contribution in [2.45, 2.75) is 31.9 Å². The molecule has 8 nitrogen and oxygen atoms in total. The molecular formula is C12H18N2O6S. The van der Waals surface area contributed by atoms with Crippen molar-refractivity contribution in [2.75, 3.05) is 7.05 Å². The monoisotopic (exact) mass is 318 g/mol. The topological polar surface area (TPSA) is 126 Å². The molecule has 21 heavy (non-hydrogen) atoms. The number of carboxylic acids is 1. The number of aryl methyl sites for hydroxylation is 1. The Kier molecular flexibility index (Phi) is 5.13. The number of furan rings is 1. The first-order chi connectivity index (χ1) is 9.60. The first-order valence-corrected chi connectivity index (χ1v) is 7.66. The van der Waals surface area contributed by atoms with E-state index in [-0.39, 0.29) is 17.2 Å². The molecule has 0 aliphatic rings. The molecule has 0 fully saturated rings. The summed E-state index contributed by atoms with van der Waals surface area (Å²) in [5, 5.41) is 11.0. The van der Waals surface area contributed by atoms with Crippen LogP contribution in [0.2, 0.25) is 0 Å². The highest BCUT2D eigenvalue weighted by atomic mass is 32.2. The normalized spacial score (nSPS) is 13.2. The zero-order valence-corrected chi connectivity index (χ0v) is 12.9. The minimum absolute atomic E-state index is 0.0178. The Balaban J connectivity index is 3.07. The van der Waals surface area contributed by atoms with Gasteiger partial charge in [0, 0.05) is 6.07 Å². The fourth-order valence-corrected chi connectivity index (χ4v) is 2.35. The molecule has 1 heterocycles. The van der Waals surface area contributed by atoms with Crippen molar-refractivity contribution in [1.29, 1.82) is 0 Å². The van der Waals surface area contributed by atoms with Gasteiger partial charge in [-0.1, -0.05) is 13.8 Å². The lowest BCUT2D eigenvalue weighted by Gasteiger charge is -2.17. The van der Waals surface area contributed by atoms with Crippen molar-refractivity contribution in [3.05, 3.63) is 17.4 Å². The molecule has 3 N–H and O–H groups in total. The van der Waals surface area contributed by atoms with Gasteiger partial charge in [-0.25, -0.2) is 17.9 Å². The maximum atomic E-state index is 12.1. The largest absolute Gasteiger partial charge is 0.480 e. The predicted octanol–water partition coefficient (Wildman–Crippen LogP) is 0.335. The summed E-state index contributed by atoms with van der Waals surface area (Å²) in [5.41, 5.74) is -0.0178. The zero-order valence-electron chi connectivity index (χ0n) is 12.1. The number of rotatable bonds is 6. The standard InChI is InChI=1S/C12H18N2O6S/c1-6(2)10(12(16)17)14-11(15)8-5-9(20-7(8)3)21(18,19)13-4/h5-6,10,13H,1-4H3,(H,14,15)(H,16,17)/t10-/m0/s1. The van der Waals surface area contributed by atoms with Gasteiger partial charge in [-0.15, -0.1) is 0 Å². The van der Waals surface area contributed by atoms with E-state index in [1.54, 1.807) is 13.8 Å². The molecule has 1 aromatic heterocycles. The molecule has 1 amide bonds. The lowest BCUT2D eigenvalue weighted by Crippen LogP contribution is -2.44. The minimum Gasteiger partial charge on any atom is -0.480 e. The molecule has 0 aliphatic heterocycles. The van der Waals surface area contributed by atoms with Crippen molar-refractivity contribution in [3.8, 4) is 0 Å². The van der Waals surface area contributed by atoms with Crippen LogP contribution in [0.15, 0.2) is 15.6 Å². The Bertz CT molecular complexity index is 647. The number of hydrogen-bond acceptors (Lipinski definition) is 5. The van der Waals surface area contributed by atoms with E-state index < -0.39 is 33.0 Å². The van der Waals surface area contributed by atoms with Crippen molar-refractivity contribution in [2.24, 2.45) is 5.92 Å². The van der Waals surface area contributed by atoms with Gasteiger partial charge in [0.05, 0.1) is 5.56 Å². The number of carbonyl (C=O) groups excluding carboxylic acids is 1. The van der Waals surface area contributed by atoms with Gasteiger partial charge in [0.15, 0.2) is 0 Å². The lowest BCUT2D eigenvalue weighted by molar-refractivity contribution is -0.140. The molecule has 118 valence electrons. The highest BCUT2D eigenvalue weighted by Crippen LogP contribution is 2.19. The molecule has 0 bridgehead atoms. The number of aliphatic carboxylic acids is 1. The van der Waals surface area contributed by atoms with E-state index >= 15 is 0 Å². The van der Waals surface area contributed by atoms with Gasteiger partial charge < -0.3 is 14.8 Å². The summed E-state index contributed by atoms with van der Waals surface area (Å²) in [7, 11) is -2.59. The lowest BCUT2D eigenvalue weighted by atomic mass is 10.0. The van der Waals surface area contributed by atoms with Crippen molar-refractivity contribution in [1.82, 2.24) is 10.0 Å². The number of carbonyl (C=O) groups is 2. The van der Waals surface area contributed by atoms with Crippen LogP contribution < -0.4 is 10.0 Å². The third-order valence-electron chi connectivity index (χ3n) is 2.89. The van der Waals surface area contributed by atoms with Gasteiger partial charge in [0.1, 0.15) is 11.8 Å². The van der Waals surface area contributed by atoms with Crippen LogP contribution in [0.4, 0.5) is 0 Å². The van der Waals surface area contributed by atoms with E-state index in [0.717, 1.165) is 6.07 Å². The van der Waals surface area contributed by atoms with Gasteiger partial charge in [0.2, 0.25) is 5.09 Å². The van der Waals surface area contributed by atoms with E-state index in [9.17, 15) is 18.0 Å². The summed E-state index contributed by atoms with van der Waals surface area (Å²) in [6.45, 7) is 4.73. The Hall–Kier alpha value is -1.87. The summed E-state index contributed by atoms with van der Waals surface area (Å²) in [4.78, 5) is 23.1. The summed E-state index contributed by atoms with van der Waals surface area (Å²) in [6.07, 6.45) is 0. The van der Waals surface area contributed by atoms with Gasteiger partial charge in [-0.3, -0.25) is 4.79 Å². The van der Waals surface area contributed by atoms with Gasteiger partial charge in [-0.2, -0.15) is 0 Å². The molecule has 0 radical (unpaired) electrons. The maximum absolute atomic E-state index is 12.1. The Labute approximate surface area is 122 Å². The molecule has 0 unspecified atom stereocenters. The number of hydrogen-bond donors (Lipinski definition) is 3. The van der Waals surface area contributed by atoms with E-state index in [4.69, 9.17) is 9.52 Å². The molecule has 0 saturated carbocycles. The van der Waals surface area contributed by atoms with Crippen LogP contribution in [0.1, 0.15) is 30.0 Å². The van der Waals surface area contributed by atoms with Crippen LogP contribution >= 0.6 is 0 Å². The smallest absolute Gasteiger partial charge is 0.326 e. The molecule has 9 heteroatoms. The number of sulfonamides is 1. The molecule has 0 aliphatic carbocycles. The van der Waals surface area contributed by atoms with Gasteiger partial charge >= 0.3 is 5.97 Å². The molecule has 1 rings (SSSR count). The fourth-order valence-electron chi connectivity index (χ4n) is 1.65. The molecule has 1 aromatic rings. The quantitative estimate of drug-likeness (QED) is 0.694. The fraction of sp³-hybridized carbons (Fsp3) is 0.500. The molecule has 0 saturated heterocycles. The molecule has 1 atom stereocenters. The molecule has 0 spiro atoms. The Morgan fingerprint density at radius 1 is 1.33 bits per heavy atom. The highest BCUT2D eigenvalue weighted by molar-refractivity contribution is 7.89. The summed E-state index contributed by atoms with van der Waals surface area (Å²) < 4.78 is 30.3. The first kappa shape index (κ1) is 17.2. The van der Waals surface area contributed by atoms with E-state index in [0.29, 0.717) is 0 Å². The third-order valence-corrected chi connectivity index (χ3v) is 4.16. The predicted molar refractivity (Wildman–Crippen MR) is 73.4 cm³/mol.